The van der Waals surface area contributed by atoms with Crippen molar-refractivity contribution in [3.05, 3.63) is 29.3 Å². The van der Waals surface area contributed by atoms with Gasteiger partial charge in [-0.2, -0.15) is 4.98 Å². The molecule has 45 heavy (non-hydrogen) atoms. The molecular weight excluding hydrogens is 662 g/mol. The summed E-state index contributed by atoms with van der Waals surface area (Å²) in [6.07, 6.45) is -8.19. The second-order valence-corrected chi connectivity index (χ2v) is 14.1. The molecule has 0 aromatic carbocycles. The first-order valence-corrected chi connectivity index (χ1v) is 17.6. The highest BCUT2D eigenvalue weighted by Gasteiger charge is 2.50. The number of aromatic nitrogens is 8. The summed E-state index contributed by atoms with van der Waals surface area (Å²) in [5, 5.41) is 32.4. The molecule has 4 aromatic heterocycles. The molecule has 0 amide bonds. The fourth-order valence-electron chi connectivity index (χ4n) is 5.26. The van der Waals surface area contributed by atoms with E-state index < -0.39 is 82.2 Å². The van der Waals surface area contributed by atoms with Crippen molar-refractivity contribution in [2.75, 3.05) is 24.2 Å². The molecule has 24 heteroatoms. The Kier molecular flexibility index (Phi) is 8.74. The lowest BCUT2D eigenvalue weighted by molar-refractivity contribution is -0.0445. The van der Waals surface area contributed by atoms with Gasteiger partial charge in [0.15, 0.2) is 35.1 Å². The highest BCUT2D eigenvalue weighted by molar-refractivity contribution is 8.39. The molecule has 0 aliphatic carbocycles. The number of thiol groups is 1. The quantitative estimate of drug-likeness (QED) is 0.0679. The van der Waals surface area contributed by atoms with Crippen molar-refractivity contribution in [1.29, 1.82) is 0 Å². The standard InChI is InChI=1S/C21H28N10O11P2S/c22-15-9-16(25-4-24-15)30(5-26-9)19-13(34)11(32)7(40-19)1-2-44(37,38)42-14-12(33)8(3-39-43(36)45)41-20(14)31-6-27-10-17(31)28-21(23)29-18(10)35/h4-8,11-14,19-20,32-34,43H,1-3H2,(H,36,45)(H,37,38)(H2,22,24,25)(H3,23,28,29,35)/t7-,8-,11+,12+,13+,14+,19-,20-/m1/s1. The van der Waals surface area contributed by atoms with Gasteiger partial charge in [-0.05, 0) is 6.42 Å². The second-order valence-electron chi connectivity index (χ2n) is 10.3. The summed E-state index contributed by atoms with van der Waals surface area (Å²) in [7, 11) is -7.35. The van der Waals surface area contributed by atoms with Crippen LogP contribution in [-0.4, -0.2) is 109 Å². The number of nitrogens with one attached hydrogen (secondary N) is 1. The van der Waals surface area contributed by atoms with E-state index in [-0.39, 0.29) is 40.5 Å². The van der Waals surface area contributed by atoms with Crippen LogP contribution in [0.2, 0.25) is 0 Å². The summed E-state index contributed by atoms with van der Waals surface area (Å²) in [5.74, 6) is -0.150. The van der Waals surface area contributed by atoms with Crippen LogP contribution in [0.15, 0.2) is 23.8 Å². The van der Waals surface area contributed by atoms with Gasteiger partial charge in [0.2, 0.25) is 13.2 Å². The fraction of sp³-hybridized carbons (Fsp3) is 0.524. The number of anilines is 2. The van der Waals surface area contributed by atoms with Gasteiger partial charge in [0.05, 0.1) is 31.5 Å². The predicted molar refractivity (Wildman–Crippen MR) is 156 cm³/mol. The van der Waals surface area contributed by atoms with E-state index >= 15 is 0 Å². The zero-order valence-electron chi connectivity index (χ0n) is 22.8. The molecule has 9 N–H and O–H groups in total. The van der Waals surface area contributed by atoms with Crippen LogP contribution >= 0.6 is 27.1 Å². The minimum Gasteiger partial charge on any atom is -0.388 e. The van der Waals surface area contributed by atoms with Gasteiger partial charge in [0.1, 0.15) is 42.4 Å². The first-order chi connectivity index (χ1) is 21.3. The second kappa shape index (κ2) is 12.3. The van der Waals surface area contributed by atoms with Gasteiger partial charge in [-0.1, -0.05) is 12.2 Å². The number of aromatic amines is 1. The van der Waals surface area contributed by atoms with Crippen molar-refractivity contribution >= 4 is 61.2 Å². The molecule has 244 valence electrons. The minimum atomic E-state index is -4.61. The summed E-state index contributed by atoms with van der Waals surface area (Å²) < 4.78 is 49.6. The molecule has 0 spiro atoms. The number of nitrogens with zero attached hydrogens (tertiary/aromatic N) is 7. The van der Waals surface area contributed by atoms with Crippen molar-refractivity contribution in [3.8, 4) is 0 Å². The largest absolute Gasteiger partial charge is 0.388 e. The van der Waals surface area contributed by atoms with Crippen LogP contribution in [0.3, 0.4) is 0 Å². The van der Waals surface area contributed by atoms with Gasteiger partial charge in [-0.3, -0.25) is 32.6 Å². The van der Waals surface area contributed by atoms with E-state index in [9.17, 15) is 34.1 Å². The SMILES string of the molecule is Nc1nc2c(ncn2[C@@H]2O[C@H](CO[PH](=O)S)[C@H](O)[C@@H]2OP(=O)(O)CC[C@H]2O[C@@H](n3cnc4c(N)ncnc43)[C@@H](O)[C@H]2O)c(=O)[nH]1. The van der Waals surface area contributed by atoms with Crippen LogP contribution in [0.25, 0.3) is 22.3 Å². The molecule has 2 aliphatic heterocycles. The third-order valence-electron chi connectivity index (χ3n) is 7.39. The average Bonchev–Trinajstić information content (AvgIpc) is 3.73. The number of nitrogens with two attached hydrogens (primary N) is 2. The highest BCUT2D eigenvalue weighted by Crippen LogP contribution is 2.50. The first-order valence-electron chi connectivity index (χ1n) is 13.2. The van der Waals surface area contributed by atoms with Gasteiger partial charge in [0, 0.05) is 0 Å². The summed E-state index contributed by atoms with van der Waals surface area (Å²) in [6, 6.07) is 0. The van der Waals surface area contributed by atoms with Crippen molar-refractivity contribution in [2.24, 2.45) is 0 Å². The topological polar surface area (TPSA) is 311 Å². The Bertz CT molecular complexity index is 1860. The van der Waals surface area contributed by atoms with E-state index in [2.05, 4.69) is 42.2 Å². The van der Waals surface area contributed by atoms with Crippen molar-refractivity contribution < 1.29 is 47.9 Å². The molecule has 0 saturated carbocycles. The fourth-order valence-corrected chi connectivity index (χ4v) is 7.09. The number of hydrogen-bond donors (Lipinski definition) is 8. The first kappa shape index (κ1) is 32.0. The lowest BCUT2D eigenvalue weighted by atomic mass is 10.1. The van der Waals surface area contributed by atoms with E-state index in [1.165, 1.54) is 21.8 Å². The summed E-state index contributed by atoms with van der Waals surface area (Å²) in [5.41, 5.74) is 11.1. The van der Waals surface area contributed by atoms with Crippen LogP contribution in [-0.2, 0) is 27.7 Å². The normalized spacial score (nSPS) is 30.7. The Balaban J connectivity index is 1.20. The number of aliphatic hydroxyl groups excluding tert-OH is 3. The molecule has 2 fully saturated rings. The lowest BCUT2D eigenvalue weighted by Crippen LogP contribution is -2.35. The molecule has 6 rings (SSSR count). The molecule has 0 radical (unpaired) electrons. The molecule has 10 atom stereocenters. The molecular formula is C21H28N10O11P2S. The number of nitrogen functional groups attached to an aromatic ring is 2. The summed E-state index contributed by atoms with van der Waals surface area (Å²) in [6.45, 7) is -0.418. The van der Waals surface area contributed by atoms with Crippen LogP contribution in [0.5, 0.6) is 0 Å². The molecule has 2 unspecified atom stereocenters. The smallest absolute Gasteiger partial charge is 0.328 e. The van der Waals surface area contributed by atoms with Crippen LogP contribution in [0.1, 0.15) is 18.9 Å². The van der Waals surface area contributed by atoms with E-state index in [1.807, 2.05) is 0 Å². The maximum Gasteiger partial charge on any atom is 0.328 e. The number of fused-ring (bicyclic) bond motifs is 2. The van der Waals surface area contributed by atoms with Gasteiger partial charge in [-0.25, -0.2) is 19.9 Å². The monoisotopic (exact) mass is 690 g/mol. The van der Waals surface area contributed by atoms with Gasteiger partial charge < -0.3 is 45.7 Å². The Morgan fingerprint density at radius 1 is 1.00 bits per heavy atom. The number of rotatable bonds is 10. The Morgan fingerprint density at radius 2 is 1.69 bits per heavy atom. The van der Waals surface area contributed by atoms with E-state index in [0.717, 1.165) is 6.33 Å². The molecule has 0 bridgehead atoms. The molecule has 21 nitrogen and oxygen atoms in total. The number of H-pyrrole nitrogens is 1. The van der Waals surface area contributed by atoms with Gasteiger partial charge in [-0.15, -0.1) is 0 Å². The van der Waals surface area contributed by atoms with E-state index in [1.54, 1.807) is 0 Å². The van der Waals surface area contributed by atoms with Crippen LogP contribution in [0.4, 0.5) is 11.8 Å². The number of aliphatic hydroxyl groups is 3. The maximum atomic E-state index is 13.4. The van der Waals surface area contributed by atoms with Gasteiger partial charge in [0.25, 0.3) is 5.56 Å². The van der Waals surface area contributed by atoms with E-state index in [4.69, 9.17) is 30.0 Å². The average molecular weight is 691 g/mol. The van der Waals surface area contributed by atoms with Crippen molar-refractivity contribution in [3.63, 3.8) is 0 Å². The predicted octanol–water partition coefficient (Wildman–Crippen LogP) is -1.70. The Morgan fingerprint density at radius 3 is 2.42 bits per heavy atom. The molecule has 2 aliphatic rings. The number of ether oxygens (including phenoxy) is 2. The van der Waals surface area contributed by atoms with Crippen LogP contribution in [0, 0.1) is 0 Å². The third kappa shape index (κ3) is 6.11. The van der Waals surface area contributed by atoms with Gasteiger partial charge >= 0.3 is 7.60 Å². The van der Waals surface area contributed by atoms with E-state index in [0.29, 0.717) is 0 Å². The Hall–Kier alpha value is -3.01. The molecule has 6 heterocycles. The third-order valence-corrected chi connectivity index (χ3v) is 9.59. The Labute approximate surface area is 257 Å². The number of hydrogen-bond acceptors (Lipinski definition) is 17. The molecule has 4 aromatic rings. The maximum absolute atomic E-state index is 13.4. The highest BCUT2D eigenvalue weighted by atomic mass is 32.7. The number of imidazole rings is 2. The summed E-state index contributed by atoms with van der Waals surface area (Å²) >= 11 is 3.70. The van der Waals surface area contributed by atoms with Crippen LogP contribution < -0.4 is 17.0 Å². The zero-order valence-corrected chi connectivity index (χ0v) is 25.6. The van der Waals surface area contributed by atoms with Crippen molar-refractivity contribution in [1.82, 2.24) is 39.0 Å². The summed E-state index contributed by atoms with van der Waals surface area (Å²) in [4.78, 5) is 45.6. The lowest BCUT2D eigenvalue weighted by Gasteiger charge is -2.25. The zero-order chi connectivity index (χ0) is 32.2. The van der Waals surface area contributed by atoms with Crippen molar-refractivity contribution in [2.45, 2.75) is 55.5 Å². The molecule has 2 saturated heterocycles. The minimum absolute atomic E-state index is 0.0688.